The Bertz CT molecular complexity index is 1130. The number of anilines is 1. The summed E-state index contributed by atoms with van der Waals surface area (Å²) in [5, 5.41) is 10.2. The molecule has 1 amide bonds. The molecule has 2 aromatic carbocycles. The maximum Gasteiger partial charge on any atom is 0.260 e. The van der Waals surface area contributed by atoms with E-state index in [0.29, 0.717) is 17.3 Å². The van der Waals surface area contributed by atoms with Crippen molar-refractivity contribution in [3.05, 3.63) is 70.9 Å². The van der Waals surface area contributed by atoms with Gasteiger partial charge in [0.1, 0.15) is 17.4 Å². The van der Waals surface area contributed by atoms with Crippen LogP contribution in [0, 0.1) is 6.92 Å². The highest BCUT2D eigenvalue weighted by atomic mass is 19.3. The van der Waals surface area contributed by atoms with Gasteiger partial charge in [0.15, 0.2) is 11.5 Å². The number of aryl methyl sites for hydroxylation is 1. The summed E-state index contributed by atoms with van der Waals surface area (Å²) in [6.07, 6.45) is -1.11. The molecule has 0 bridgehead atoms. The summed E-state index contributed by atoms with van der Waals surface area (Å²) < 4.78 is 39.5. The van der Waals surface area contributed by atoms with Crippen LogP contribution in [0.5, 0.6) is 11.5 Å². The third kappa shape index (κ3) is 4.62. The van der Waals surface area contributed by atoms with Gasteiger partial charge < -0.3 is 20.1 Å². The molecule has 7 nitrogen and oxygen atoms in total. The number of methoxy groups -OCH3 is 2. The number of fused-ring (bicyclic) bond motifs is 1. The van der Waals surface area contributed by atoms with Crippen molar-refractivity contribution in [2.75, 3.05) is 19.5 Å². The van der Waals surface area contributed by atoms with Crippen LogP contribution in [-0.4, -0.2) is 36.3 Å². The summed E-state index contributed by atoms with van der Waals surface area (Å²) in [5.74, 6) is 1.02. The summed E-state index contributed by atoms with van der Waals surface area (Å²) in [6, 6.07) is 11.6. The average molecular weight is 456 g/mol. The van der Waals surface area contributed by atoms with E-state index in [-0.39, 0.29) is 24.6 Å². The van der Waals surface area contributed by atoms with Crippen LogP contribution in [0.2, 0.25) is 0 Å². The van der Waals surface area contributed by atoms with E-state index in [9.17, 15) is 13.6 Å². The first-order chi connectivity index (χ1) is 15.9. The normalized spacial score (nSPS) is 17.3. The van der Waals surface area contributed by atoms with Crippen molar-refractivity contribution < 1.29 is 23.0 Å². The smallest absolute Gasteiger partial charge is 0.260 e. The Balaban J connectivity index is 1.55. The maximum absolute atomic E-state index is 13.9. The fourth-order valence-corrected chi connectivity index (χ4v) is 3.98. The van der Waals surface area contributed by atoms with Gasteiger partial charge in [-0.05, 0) is 36.6 Å². The molecule has 9 heteroatoms. The van der Waals surface area contributed by atoms with Crippen LogP contribution in [0.1, 0.15) is 45.6 Å². The molecule has 174 valence electrons. The molecule has 0 saturated carbocycles. The number of alkyl halides is 2. The quantitative estimate of drug-likeness (QED) is 0.547. The molecular weight excluding hydrogens is 430 g/mol. The lowest BCUT2D eigenvalue weighted by molar-refractivity contribution is 0.0656. The molecule has 2 heterocycles. The van der Waals surface area contributed by atoms with E-state index in [0.717, 1.165) is 16.7 Å². The number of ether oxygens (including phenoxy) is 2. The van der Waals surface area contributed by atoms with Gasteiger partial charge in [-0.1, -0.05) is 35.9 Å². The zero-order valence-corrected chi connectivity index (χ0v) is 18.6. The number of benzene rings is 2. The van der Waals surface area contributed by atoms with Gasteiger partial charge in [-0.2, -0.15) is 5.10 Å². The maximum atomic E-state index is 13.9. The molecule has 0 aliphatic carbocycles. The van der Waals surface area contributed by atoms with Crippen LogP contribution in [0.3, 0.4) is 0 Å². The second-order valence-electron chi connectivity index (χ2n) is 7.97. The van der Waals surface area contributed by atoms with Crippen LogP contribution < -0.4 is 20.1 Å². The summed E-state index contributed by atoms with van der Waals surface area (Å²) in [6.45, 7) is 2.19. The third-order valence-corrected chi connectivity index (χ3v) is 5.81. The summed E-state index contributed by atoms with van der Waals surface area (Å²) in [7, 11) is 3.08. The van der Waals surface area contributed by atoms with Gasteiger partial charge >= 0.3 is 0 Å². The SMILES string of the molecule is COc1ccc(CNC(=O)c2cnn3c2N[C@H](c2ccc(C)cc2)C[C@H]3C(F)F)cc1OC. The van der Waals surface area contributed by atoms with Crippen molar-refractivity contribution in [2.24, 2.45) is 0 Å². The number of hydrogen-bond acceptors (Lipinski definition) is 5. The van der Waals surface area contributed by atoms with E-state index >= 15 is 0 Å². The monoisotopic (exact) mass is 456 g/mol. The van der Waals surface area contributed by atoms with E-state index in [1.54, 1.807) is 19.2 Å². The molecule has 0 spiro atoms. The molecular formula is C24H26F2N4O3. The highest BCUT2D eigenvalue weighted by Gasteiger charge is 2.36. The number of carbonyl (C=O) groups excluding carboxylic acids is 1. The van der Waals surface area contributed by atoms with Crippen molar-refractivity contribution in [3.63, 3.8) is 0 Å². The van der Waals surface area contributed by atoms with Crippen LogP contribution in [0.25, 0.3) is 0 Å². The van der Waals surface area contributed by atoms with Crippen LogP contribution >= 0.6 is 0 Å². The Morgan fingerprint density at radius 3 is 2.58 bits per heavy atom. The van der Waals surface area contributed by atoms with Gasteiger partial charge in [0, 0.05) is 6.54 Å². The van der Waals surface area contributed by atoms with E-state index in [2.05, 4.69) is 15.7 Å². The van der Waals surface area contributed by atoms with E-state index in [4.69, 9.17) is 9.47 Å². The highest BCUT2D eigenvalue weighted by Crippen LogP contribution is 2.39. The summed E-state index contributed by atoms with van der Waals surface area (Å²) in [4.78, 5) is 12.9. The second kappa shape index (κ2) is 9.48. The van der Waals surface area contributed by atoms with Gasteiger partial charge in [-0.15, -0.1) is 0 Å². The zero-order valence-electron chi connectivity index (χ0n) is 18.6. The van der Waals surface area contributed by atoms with E-state index in [1.807, 2.05) is 37.3 Å². The van der Waals surface area contributed by atoms with Crippen LogP contribution in [0.15, 0.2) is 48.7 Å². The molecule has 1 aromatic heterocycles. The van der Waals surface area contributed by atoms with E-state index in [1.165, 1.54) is 18.0 Å². The fourth-order valence-electron chi connectivity index (χ4n) is 3.98. The first kappa shape index (κ1) is 22.6. The molecule has 4 rings (SSSR count). The number of halogens is 2. The zero-order chi connectivity index (χ0) is 23.5. The molecule has 0 unspecified atom stereocenters. The lowest BCUT2D eigenvalue weighted by atomic mass is 9.96. The second-order valence-corrected chi connectivity index (χ2v) is 7.97. The number of hydrogen-bond donors (Lipinski definition) is 2. The molecule has 2 atom stereocenters. The van der Waals surface area contributed by atoms with Gasteiger partial charge in [-0.3, -0.25) is 4.79 Å². The third-order valence-electron chi connectivity index (χ3n) is 5.81. The number of nitrogens with one attached hydrogen (secondary N) is 2. The van der Waals surface area contributed by atoms with Crippen molar-refractivity contribution in [2.45, 2.75) is 38.4 Å². The highest BCUT2D eigenvalue weighted by molar-refractivity contribution is 5.98. The van der Waals surface area contributed by atoms with Gasteiger partial charge in [0.2, 0.25) is 0 Å². The van der Waals surface area contributed by atoms with E-state index < -0.39 is 18.4 Å². The van der Waals surface area contributed by atoms with Crippen LogP contribution in [-0.2, 0) is 6.54 Å². The molecule has 1 aliphatic heterocycles. The number of rotatable bonds is 7. The molecule has 1 aliphatic rings. The predicted molar refractivity (Wildman–Crippen MR) is 120 cm³/mol. The Labute approximate surface area is 190 Å². The number of carbonyl (C=O) groups is 1. The van der Waals surface area contributed by atoms with Gasteiger partial charge in [0.25, 0.3) is 12.3 Å². The number of aromatic nitrogens is 2. The van der Waals surface area contributed by atoms with Gasteiger partial charge in [-0.25, -0.2) is 13.5 Å². The minimum atomic E-state index is -2.61. The summed E-state index contributed by atoms with van der Waals surface area (Å²) >= 11 is 0. The lowest BCUT2D eigenvalue weighted by Crippen LogP contribution is -2.32. The average Bonchev–Trinajstić information content (AvgIpc) is 3.26. The molecule has 0 saturated heterocycles. The largest absolute Gasteiger partial charge is 0.493 e. The lowest BCUT2D eigenvalue weighted by Gasteiger charge is -2.32. The van der Waals surface area contributed by atoms with Crippen molar-refractivity contribution in [1.82, 2.24) is 15.1 Å². The van der Waals surface area contributed by atoms with Crippen LogP contribution in [0.4, 0.5) is 14.6 Å². The van der Waals surface area contributed by atoms with Crippen molar-refractivity contribution in [3.8, 4) is 11.5 Å². The van der Waals surface area contributed by atoms with Crippen molar-refractivity contribution in [1.29, 1.82) is 0 Å². The molecule has 0 radical (unpaired) electrons. The Kier molecular flexibility index (Phi) is 6.48. The standard InChI is InChI=1S/C24H26F2N4O3/c1-14-4-7-16(8-5-14)18-11-19(22(25)26)30-23(29-18)17(13-28-30)24(31)27-12-15-6-9-20(32-2)21(10-15)33-3/h4-10,13,18-19,22,29H,11-12H2,1-3H3,(H,27,31)/t18-,19-/m0/s1. The van der Waals surface area contributed by atoms with Gasteiger partial charge in [0.05, 0.1) is 26.5 Å². The molecule has 0 fully saturated rings. The minimum Gasteiger partial charge on any atom is -0.493 e. The first-order valence-electron chi connectivity index (χ1n) is 10.6. The topological polar surface area (TPSA) is 77.4 Å². The predicted octanol–water partition coefficient (Wildman–Crippen LogP) is 4.50. The molecule has 2 N–H and O–H groups in total. The Morgan fingerprint density at radius 1 is 1.18 bits per heavy atom. The molecule has 33 heavy (non-hydrogen) atoms. The number of nitrogens with zero attached hydrogens (tertiary/aromatic N) is 2. The minimum absolute atomic E-state index is 0.169. The number of amides is 1. The summed E-state index contributed by atoms with van der Waals surface area (Å²) in [5.41, 5.74) is 2.99. The Morgan fingerprint density at radius 2 is 1.91 bits per heavy atom. The first-order valence-corrected chi connectivity index (χ1v) is 10.6. The fraction of sp³-hybridized carbons (Fsp3) is 0.333. The molecule has 3 aromatic rings. The van der Waals surface area contributed by atoms with Crippen molar-refractivity contribution >= 4 is 11.7 Å². The Hall–Kier alpha value is -3.62.